The third-order valence-corrected chi connectivity index (χ3v) is 3.79. The summed E-state index contributed by atoms with van der Waals surface area (Å²) in [6.07, 6.45) is 0.632. The first-order chi connectivity index (χ1) is 12.3. The van der Waals surface area contributed by atoms with Gasteiger partial charge in [-0.25, -0.2) is 9.59 Å². The lowest BCUT2D eigenvalue weighted by Crippen LogP contribution is -2.44. The molecule has 1 aliphatic heterocycles. The molecule has 1 aliphatic rings. The molecule has 1 aromatic rings. The number of hydrogen-bond acceptors (Lipinski definition) is 6. The van der Waals surface area contributed by atoms with Crippen LogP contribution in [-0.4, -0.2) is 55.5 Å². The zero-order valence-corrected chi connectivity index (χ0v) is 15.8. The smallest absolute Gasteiger partial charge is 0.410 e. The van der Waals surface area contributed by atoms with E-state index in [2.05, 4.69) is 0 Å². The SMILES string of the molecule is COc1cccc(OCC(=O)OC2CCN(C(=O)OC(C)(C)C)CC2)c1. The van der Waals surface area contributed by atoms with Gasteiger partial charge in [0.15, 0.2) is 6.61 Å². The van der Waals surface area contributed by atoms with Crippen LogP contribution in [0.5, 0.6) is 11.5 Å². The summed E-state index contributed by atoms with van der Waals surface area (Å²) in [5.74, 6) is 0.773. The van der Waals surface area contributed by atoms with E-state index >= 15 is 0 Å². The maximum Gasteiger partial charge on any atom is 0.410 e. The topological polar surface area (TPSA) is 74.3 Å². The Bertz CT molecular complexity index is 617. The van der Waals surface area contributed by atoms with Gasteiger partial charge in [0.25, 0.3) is 0 Å². The van der Waals surface area contributed by atoms with Gasteiger partial charge < -0.3 is 23.8 Å². The van der Waals surface area contributed by atoms with Crippen LogP contribution in [0.4, 0.5) is 4.79 Å². The predicted molar refractivity (Wildman–Crippen MR) is 95.4 cm³/mol. The van der Waals surface area contributed by atoms with Gasteiger partial charge >= 0.3 is 12.1 Å². The Labute approximate surface area is 154 Å². The first-order valence-electron chi connectivity index (χ1n) is 8.71. The van der Waals surface area contributed by atoms with Crippen molar-refractivity contribution in [2.75, 3.05) is 26.8 Å². The highest BCUT2D eigenvalue weighted by Crippen LogP contribution is 2.20. The molecule has 0 spiro atoms. The van der Waals surface area contributed by atoms with Crippen molar-refractivity contribution in [1.82, 2.24) is 4.90 Å². The molecule has 0 saturated carbocycles. The standard InChI is InChI=1S/C19H27NO6/c1-19(2,3)26-18(22)20-10-8-14(9-11-20)25-17(21)13-24-16-7-5-6-15(12-16)23-4/h5-7,12,14H,8-11,13H2,1-4H3. The van der Waals surface area contributed by atoms with Gasteiger partial charge in [0.1, 0.15) is 23.2 Å². The third-order valence-electron chi connectivity index (χ3n) is 3.79. The number of esters is 1. The van der Waals surface area contributed by atoms with Gasteiger partial charge in [-0.3, -0.25) is 0 Å². The maximum absolute atomic E-state index is 12.0. The Balaban J connectivity index is 1.71. The Morgan fingerprint density at radius 3 is 2.42 bits per heavy atom. The van der Waals surface area contributed by atoms with Gasteiger partial charge in [0, 0.05) is 32.0 Å². The first-order valence-corrected chi connectivity index (χ1v) is 8.71. The highest BCUT2D eigenvalue weighted by atomic mass is 16.6. The number of ether oxygens (including phenoxy) is 4. The molecule has 1 aromatic carbocycles. The molecule has 1 amide bonds. The molecular formula is C19H27NO6. The van der Waals surface area contributed by atoms with Crippen LogP contribution in [0, 0.1) is 0 Å². The minimum absolute atomic E-state index is 0.167. The number of likely N-dealkylation sites (tertiary alicyclic amines) is 1. The van der Waals surface area contributed by atoms with Crippen molar-refractivity contribution < 1.29 is 28.5 Å². The lowest BCUT2D eigenvalue weighted by Gasteiger charge is -2.33. The molecule has 0 aliphatic carbocycles. The minimum atomic E-state index is -0.516. The predicted octanol–water partition coefficient (Wildman–Crippen LogP) is 3.02. The van der Waals surface area contributed by atoms with Crippen LogP contribution in [0.1, 0.15) is 33.6 Å². The molecule has 0 N–H and O–H groups in total. The van der Waals surface area contributed by atoms with E-state index < -0.39 is 11.6 Å². The molecular weight excluding hydrogens is 338 g/mol. The molecule has 0 unspecified atom stereocenters. The van der Waals surface area contributed by atoms with Gasteiger partial charge in [-0.15, -0.1) is 0 Å². The van der Waals surface area contributed by atoms with Crippen LogP contribution in [0.15, 0.2) is 24.3 Å². The zero-order valence-electron chi connectivity index (χ0n) is 15.8. The quantitative estimate of drug-likeness (QED) is 0.747. The van der Waals surface area contributed by atoms with E-state index in [4.69, 9.17) is 18.9 Å². The van der Waals surface area contributed by atoms with Gasteiger partial charge in [-0.2, -0.15) is 0 Å². The average molecular weight is 365 g/mol. The van der Waals surface area contributed by atoms with Crippen molar-refractivity contribution in [3.63, 3.8) is 0 Å². The summed E-state index contributed by atoms with van der Waals surface area (Å²) in [5, 5.41) is 0. The Kier molecular flexibility index (Phi) is 6.71. The van der Waals surface area contributed by atoms with E-state index in [0.29, 0.717) is 37.4 Å². The number of benzene rings is 1. The second kappa shape index (κ2) is 8.78. The zero-order chi connectivity index (χ0) is 19.2. The summed E-state index contributed by atoms with van der Waals surface area (Å²) < 4.78 is 21.3. The number of amides is 1. The molecule has 1 heterocycles. The summed E-state index contributed by atoms with van der Waals surface area (Å²) in [5.41, 5.74) is -0.516. The van der Waals surface area contributed by atoms with Crippen molar-refractivity contribution in [3.05, 3.63) is 24.3 Å². The second-order valence-electron chi connectivity index (χ2n) is 7.12. The van der Waals surface area contributed by atoms with Crippen molar-refractivity contribution in [1.29, 1.82) is 0 Å². The lowest BCUT2D eigenvalue weighted by molar-refractivity contribution is -0.153. The number of carbonyl (C=O) groups excluding carboxylic acids is 2. The fraction of sp³-hybridized carbons (Fsp3) is 0.579. The fourth-order valence-electron chi connectivity index (χ4n) is 2.54. The Morgan fingerprint density at radius 1 is 1.15 bits per heavy atom. The van der Waals surface area contributed by atoms with Gasteiger partial charge in [-0.05, 0) is 32.9 Å². The van der Waals surface area contributed by atoms with Crippen molar-refractivity contribution in [2.45, 2.75) is 45.3 Å². The monoisotopic (exact) mass is 365 g/mol. The van der Waals surface area contributed by atoms with E-state index in [1.807, 2.05) is 20.8 Å². The normalized spacial score (nSPS) is 15.3. The van der Waals surface area contributed by atoms with Crippen molar-refractivity contribution >= 4 is 12.1 Å². The van der Waals surface area contributed by atoms with Crippen molar-refractivity contribution in [2.24, 2.45) is 0 Å². The number of carbonyl (C=O) groups is 2. The van der Waals surface area contributed by atoms with Crippen molar-refractivity contribution in [3.8, 4) is 11.5 Å². The molecule has 144 valence electrons. The van der Waals surface area contributed by atoms with Crippen LogP contribution in [0.2, 0.25) is 0 Å². The summed E-state index contributed by atoms with van der Waals surface area (Å²) in [7, 11) is 1.57. The number of nitrogens with zero attached hydrogens (tertiary/aromatic N) is 1. The third kappa shape index (κ3) is 6.46. The molecule has 1 saturated heterocycles. The molecule has 1 fully saturated rings. The Morgan fingerprint density at radius 2 is 1.81 bits per heavy atom. The lowest BCUT2D eigenvalue weighted by atomic mass is 10.1. The summed E-state index contributed by atoms with van der Waals surface area (Å²) in [6, 6.07) is 7.03. The molecule has 0 bridgehead atoms. The first kappa shape index (κ1) is 19.9. The largest absolute Gasteiger partial charge is 0.497 e. The van der Waals surface area contributed by atoms with Crippen LogP contribution in [-0.2, 0) is 14.3 Å². The number of piperidine rings is 1. The molecule has 7 nitrogen and oxygen atoms in total. The number of rotatable bonds is 5. The second-order valence-corrected chi connectivity index (χ2v) is 7.12. The molecule has 2 rings (SSSR count). The minimum Gasteiger partial charge on any atom is -0.497 e. The van der Waals surface area contributed by atoms with E-state index in [1.54, 1.807) is 36.3 Å². The molecule has 26 heavy (non-hydrogen) atoms. The van der Waals surface area contributed by atoms with E-state index in [1.165, 1.54) is 0 Å². The Hall–Kier alpha value is -2.44. The highest BCUT2D eigenvalue weighted by Gasteiger charge is 2.28. The van der Waals surface area contributed by atoms with Crippen LogP contribution in [0.3, 0.4) is 0 Å². The fourth-order valence-corrected chi connectivity index (χ4v) is 2.54. The molecule has 7 heteroatoms. The van der Waals surface area contributed by atoms with E-state index in [0.717, 1.165) is 0 Å². The van der Waals surface area contributed by atoms with Gasteiger partial charge in [-0.1, -0.05) is 6.07 Å². The van der Waals surface area contributed by atoms with Gasteiger partial charge in [0.2, 0.25) is 0 Å². The maximum atomic E-state index is 12.0. The average Bonchev–Trinajstić information content (AvgIpc) is 2.59. The summed E-state index contributed by atoms with van der Waals surface area (Å²) in [6.45, 7) is 6.35. The molecule has 0 radical (unpaired) electrons. The van der Waals surface area contributed by atoms with Crippen LogP contribution in [0.25, 0.3) is 0 Å². The van der Waals surface area contributed by atoms with Crippen LogP contribution >= 0.6 is 0 Å². The van der Waals surface area contributed by atoms with E-state index in [-0.39, 0.29) is 18.8 Å². The molecule has 0 atom stereocenters. The molecule has 0 aromatic heterocycles. The summed E-state index contributed by atoms with van der Waals surface area (Å²) in [4.78, 5) is 25.6. The van der Waals surface area contributed by atoms with E-state index in [9.17, 15) is 9.59 Å². The van der Waals surface area contributed by atoms with Crippen LogP contribution < -0.4 is 9.47 Å². The number of methoxy groups -OCH3 is 1. The summed E-state index contributed by atoms with van der Waals surface area (Å²) >= 11 is 0. The van der Waals surface area contributed by atoms with Gasteiger partial charge in [0.05, 0.1) is 7.11 Å². The number of hydrogen-bond donors (Lipinski definition) is 0. The highest BCUT2D eigenvalue weighted by molar-refractivity contribution is 5.71.